The lowest BCUT2D eigenvalue weighted by Crippen LogP contribution is -2.54. The number of hydrogen-bond acceptors (Lipinski definition) is 8. The van der Waals surface area contributed by atoms with Crippen LogP contribution in [0.1, 0.15) is 46.2 Å². The highest BCUT2D eigenvalue weighted by Gasteiger charge is 2.51. The summed E-state index contributed by atoms with van der Waals surface area (Å²) in [6.07, 6.45) is 0. The van der Waals surface area contributed by atoms with E-state index in [0.717, 1.165) is 43.4 Å². The fourth-order valence-electron chi connectivity index (χ4n) is 9.10. The molecule has 8 aromatic carbocycles. The van der Waals surface area contributed by atoms with E-state index in [1.54, 1.807) is 74.9 Å². The van der Waals surface area contributed by atoms with Crippen molar-refractivity contribution in [3.8, 4) is 11.5 Å². The van der Waals surface area contributed by atoms with Crippen LogP contribution in [0.15, 0.2) is 247 Å². The minimum atomic E-state index is -4.14. The van der Waals surface area contributed by atoms with Crippen molar-refractivity contribution in [1.82, 2.24) is 0 Å². The summed E-state index contributed by atoms with van der Waals surface area (Å²) >= 11 is 0. The number of hydrogen-bond donors (Lipinski definition) is 0. The minimum Gasteiger partial charge on any atom is -0.497 e. The number of amidine groups is 2. The van der Waals surface area contributed by atoms with Crippen molar-refractivity contribution >= 4 is 64.7 Å². The predicted octanol–water partition coefficient (Wildman–Crippen LogP) is 12.8. The van der Waals surface area contributed by atoms with Gasteiger partial charge in [0.05, 0.1) is 59.3 Å². The lowest BCUT2D eigenvalue weighted by atomic mass is 9.77. The molecule has 350 valence electrons. The van der Waals surface area contributed by atoms with E-state index in [1.165, 1.54) is 21.6 Å². The van der Waals surface area contributed by atoms with E-state index in [0.29, 0.717) is 23.2 Å². The maximum atomic E-state index is 14.2. The van der Waals surface area contributed by atoms with Crippen LogP contribution >= 0.6 is 21.6 Å². The zero-order valence-corrected chi connectivity index (χ0v) is 41.2. The normalized spacial score (nSPS) is 19.1. The third-order valence-electron chi connectivity index (χ3n) is 12.5. The van der Waals surface area contributed by atoms with Gasteiger partial charge in [-0.1, -0.05) is 167 Å². The number of nitrogens with zero attached hydrogens (tertiary/aromatic N) is 4. The molecule has 2 heterocycles. The van der Waals surface area contributed by atoms with Gasteiger partial charge in [0.1, 0.15) is 23.2 Å². The van der Waals surface area contributed by atoms with E-state index in [9.17, 15) is 16.8 Å². The van der Waals surface area contributed by atoms with Crippen LogP contribution in [0.25, 0.3) is 0 Å². The molecular formula is C56H46N4O6S4. The Hall–Kier alpha value is -7.10. The first-order valence-electron chi connectivity index (χ1n) is 22.4. The van der Waals surface area contributed by atoms with Crippen molar-refractivity contribution in [3.63, 3.8) is 0 Å². The van der Waals surface area contributed by atoms with Crippen molar-refractivity contribution in [2.45, 2.75) is 43.5 Å². The number of para-hydroxylation sites is 2. The first kappa shape index (κ1) is 46.6. The van der Waals surface area contributed by atoms with Gasteiger partial charge in [0.2, 0.25) is 0 Å². The van der Waals surface area contributed by atoms with Gasteiger partial charge in [-0.15, -0.1) is 8.80 Å². The van der Waals surface area contributed by atoms with Gasteiger partial charge in [-0.25, -0.2) is 0 Å². The van der Waals surface area contributed by atoms with Gasteiger partial charge in [0.25, 0.3) is 20.0 Å². The molecule has 2 aliphatic rings. The predicted molar refractivity (Wildman–Crippen MR) is 282 cm³/mol. The largest absolute Gasteiger partial charge is 0.497 e. The number of methoxy groups -OCH3 is 2. The molecule has 8 aromatic rings. The average Bonchev–Trinajstić information content (AvgIpc) is 3.40. The molecule has 0 bridgehead atoms. The van der Waals surface area contributed by atoms with Crippen LogP contribution in [-0.2, 0) is 20.0 Å². The Morgan fingerprint density at radius 1 is 0.386 bits per heavy atom. The van der Waals surface area contributed by atoms with E-state index in [2.05, 4.69) is 8.80 Å². The Morgan fingerprint density at radius 3 is 1.04 bits per heavy atom. The molecule has 2 fully saturated rings. The number of sulfonamides is 2. The summed E-state index contributed by atoms with van der Waals surface area (Å²) in [6, 6.07) is 67.2. The molecule has 70 heavy (non-hydrogen) atoms. The molecule has 14 heteroatoms. The lowest BCUT2D eigenvalue weighted by molar-refractivity contribution is 0.414. The summed E-state index contributed by atoms with van der Waals surface area (Å²) in [5.74, 6) is 1.37. The molecule has 2 aliphatic heterocycles. The smallest absolute Gasteiger partial charge is 0.283 e. The SMILES string of the molecule is COc1ccc(C2C(c3ccccc3)/C(=N/S(=O)(=O)c3ccccc3)N2c2ccccc2SSc2ccccc2N2/C(=N\S(=O)(=O)c3ccccc3)C(c3ccccc3)C2c2ccc(OC)cc2)cc1. The summed E-state index contributed by atoms with van der Waals surface area (Å²) in [5.41, 5.74) is 5.31. The Labute approximate surface area is 416 Å². The molecule has 0 N–H and O–H groups in total. The van der Waals surface area contributed by atoms with Crippen LogP contribution in [0, 0.1) is 0 Å². The second-order valence-electron chi connectivity index (χ2n) is 16.5. The second-order valence-corrected chi connectivity index (χ2v) is 22.0. The standard InChI is InChI=1S/C56H46N4O6S4/c1-65-43-35-31-41(32-36-43)53-51(39-19-7-3-8-20-39)55(57-69(61,62)45-23-11-5-12-24-45)59(53)47-27-15-17-29-49(47)67-68-50-30-18-16-28-48(50)60-54(42-33-37-44(66-2)38-34-42)52(40-21-9-4-10-22-40)56(60)58-70(63,64)46-25-13-6-14-26-46/h3-38,51-54H,1-2H3/b57-55-,58-56-. The second kappa shape index (κ2) is 20.1. The Morgan fingerprint density at radius 2 is 0.700 bits per heavy atom. The number of anilines is 2. The molecule has 10 rings (SSSR count). The van der Waals surface area contributed by atoms with Gasteiger partial charge in [-0.3, -0.25) is 0 Å². The van der Waals surface area contributed by atoms with Crippen LogP contribution in [0.2, 0.25) is 0 Å². The van der Waals surface area contributed by atoms with E-state index >= 15 is 0 Å². The highest BCUT2D eigenvalue weighted by atomic mass is 33.1. The number of ether oxygens (including phenoxy) is 2. The van der Waals surface area contributed by atoms with Gasteiger partial charge in [-0.05, 0) is 95.1 Å². The van der Waals surface area contributed by atoms with Crippen molar-refractivity contribution < 1.29 is 26.3 Å². The van der Waals surface area contributed by atoms with Crippen molar-refractivity contribution in [2.75, 3.05) is 24.0 Å². The van der Waals surface area contributed by atoms with Gasteiger partial charge in [0.15, 0.2) is 0 Å². The summed E-state index contributed by atoms with van der Waals surface area (Å²) in [4.78, 5) is 5.99. The number of rotatable bonds is 15. The zero-order valence-electron chi connectivity index (χ0n) is 38.0. The zero-order chi connectivity index (χ0) is 48.2. The highest BCUT2D eigenvalue weighted by Crippen LogP contribution is 2.57. The Kier molecular flexibility index (Phi) is 13.4. The first-order valence-corrected chi connectivity index (χ1v) is 27.5. The molecule has 10 nitrogen and oxygen atoms in total. The van der Waals surface area contributed by atoms with Gasteiger partial charge >= 0.3 is 0 Å². The van der Waals surface area contributed by atoms with E-state index in [1.807, 2.05) is 168 Å². The number of benzene rings is 8. The highest BCUT2D eigenvalue weighted by molar-refractivity contribution is 8.76. The third-order valence-corrected chi connectivity index (χ3v) is 17.5. The lowest BCUT2D eigenvalue weighted by Gasteiger charge is -2.51. The van der Waals surface area contributed by atoms with E-state index in [4.69, 9.17) is 9.47 Å². The van der Waals surface area contributed by atoms with Crippen molar-refractivity contribution in [3.05, 3.63) is 241 Å². The summed E-state index contributed by atoms with van der Waals surface area (Å²) < 4.78 is 77.3. The third kappa shape index (κ3) is 9.23. The fraction of sp³-hybridized carbons (Fsp3) is 0.107. The van der Waals surface area contributed by atoms with E-state index < -0.39 is 31.9 Å². The van der Waals surface area contributed by atoms with Crippen LogP contribution in [-0.4, -0.2) is 42.7 Å². The molecule has 0 aromatic heterocycles. The van der Waals surface area contributed by atoms with Gasteiger partial charge in [-0.2, -0.15) is 16.8 Å². The summed E-state index contributed by atoms with van der Waals surface area (Å²) in [6.45, 7) is 0. The van der Waals surface area contributed by atoms with Crippen molar-refractivity contribution in [1.29, 1.82) is 0 Å². The molecule has 0 radical (unpaired) electrons. The van der Waals surface area contributed by atoms with E-state index in [-0.39, 0.29) is 21.9 Å². The summed E-state index contributed by atoms with van der Waals surface area (Å²) in [7, 11) is -1.99. The molecule has 0 spiro atoms. The van der Waals surface area contributed by atoms with Crippen LogP contribution in [0.5, 0.6) is 11.5 Å². The minimum absolute atomic E-state index is 0.102. The maximum Gasteiger partial charge on any atom is 0.283 e. The van der Waals surface area contributed by atoms with Gasteiger partial charge in [0, 0.05) is 9.79 Å². The molecule has 0 aliphatic carbocycles. The molecule has 4 unspecified atom stereocenters. The topological polar surface area (TPSA) is 118 Å². The molecular weight excluding hydrogens is 953 g/mol. The monoisotopic (exact) mass is 998 g/mol. The van der Waals surface area contributed by atoms with Crippen molar-refractivity contribution in [2.24, 2.45) is 8.80 Å². The Bertz CT molecular complexity index is 3170. The molecule has 0 amide bonds. The molecule has 4 atom stereocenters. The van der Waals surface area contributed by atoms with Crippen LogP contribution in [0.3, 0.4) is 0 Å². The maximum absolute atomic E-state index is 14.2. The van der Waals surface area contributed by atoms with Crippen LogP contribution < -0.4 is 19.3 Å². The molecule has 2 saturated heterocycles. The summed E-state index contributed by atoms with van der Waals surface area (Å²) in [5, 5.41) is 0. The molecule has 0 saturated carbocycles. The first-order chi connectivity index (χ1) is 34.1. The fourth-order valence-corrected chi connectivity index (χ4v) is 13.5. The van der Waals surface area contributed by atoms with Crippen LogP contribution in [0.4, 0.5) is 11.4 Å². The Balaban J connectivity index is 1.07. The average molecular weight is 999 g/mol. The van der Waals surface area contributed by atoms with Gasteiger partial charge < -0.3 is 19.3 Å². The quantitative estimate of drug-likeness (QED) is 0.0919.